The van der Waals surface area contributed by atoms with Gasteiger partial charge in [0.15, 0.2) is 18.7 Å². The smallest absolute Gasteiger partial charge is 0.306 e. The quantitative estimate of drug-likeness (QED) is 0.0211. The van der Waals surface area contributed by atoms with Crippen LogP contribution in [0.5, 0.6) is 0 Å². The first-order chi connectivity index (χ1) is 31.0. The van der Waals surface area contributed by atoms with Gasteiger partial charge in [0.1, 0.15) is 55.4 Å². The van der Waals surface area contributed by atoms with Gasteiger partial charge in [0.25, 0.3) is 0 Å². The van der Waals surface area contributed by atoms with Gasteiger partial charge in [-0.25, -0.2) is 0 Å². The van der Waals surface area contributed by atoms with E-state index in [-0.39, 0.29) is 26.1 Å². The van der Waals surface area contributed by atoms with Crippen molar-refractivity contribution >= 4 is 11.9 Å². The van der Waals surface area contributed by atoms with Crippen LogP contribution >= 0.6 is 0 Å². The van der Waals surface area contributed by atoms with Gasteiger partial charge in [-0.3, -0.25) is 9.59 Å². The summed E-state index contributed by atoms with van der Waals surface area (Å²) in [6.45, 7) is 2.45. The number of allylic oxidation sites excluding steroid dienone is 6. The second-order valence-electron chi connectivity index (χ2n) is 17.3. The standard InChI is InChI=1S/C49H86O15/c1-3-5-7-9-11-13-15-17-18-20-21-23-25-27-29-31-40(51)59-34-37(62-41(52)32-30-28-26-24-22-19-16-14-12-10-8-6-4-2)35-60-48-47(58)45(56)43(54)39(64-48)36-61-49-46(57)44(55)42(53)38(33-50)63-49/h5,7,11,13,17-18,37-39,42-50,53-58H,3-4,6,8-10,12,14-16,19-36H2,1-2H3/b7-5-,13-11-,18-17-/t37-,38+,39-,42+,43-,44-,45+,46-,47-,48-,49+/m0/s1. The fraction of sp³-hybridized carbons (Fsp3) is 0.837. The Labute approximate surface area is 383 Å². The molecule has 0 amide bonds. The summed E-state index contributed by atoms with van der Waals surface area (Å²) in [5, 5.41) is 72.0. The predicted octanol–water partition coefficient (Wildman–Crippen LogP) is 6.15. The minimum atomic E-state index is -1.77. The Bertz CT molecular complexity index is 1260. The fourth-order valence-electron chi connectivity index (χ4n) is 7.58. The van der Waals surface area contributed by atoms with Crippen LogP contribution in [0.4, 0.5) is 0 Å². The SMILES string of the molecule is CC/C=C\C/C=C\C/C=C\CCCCCCCC(=O)OC[C@@H](CO[C@H]1O[C@@H](CO[C@@H]2O[C@H](CO)[C@@H](O)[C@H](O)[C@@H]2O)[C@H](O)[C@@H](O)[C@@H]1O)OC(=O)CCCCCCCCCCCCCCC. The van der Waals surface area contributed by atoms with Gasteiger partial charge in [-0.05, 0) is 44.9 Å². The summed E-state index contributed by atoms with van der Waals surface area (Å²) >= 11 is 0. The lowest BCUT2D eigenvalue weighted by Crippen LogP contribution is -2.61. The van der Waals surface area contributed by atoms with E-state index in [0.717, 1.165) is 70.6 Å². The molecular formula is C49H86O15. The fourth-order valence-corrected chi connectivity index (χ4v) is 7.58. The van der Waals surface area contributed by atoms with Crippen LogP contribution in [0.1, 0.15) is 168 Å². The third-order valence-corrected chi connectivity index (χ3v) is 11.6. The van der Waals surface area contributed by atoms with Gasteiger partial charge in [0.2, 0.25) is 0 Å². The molecule has 2 fully saturated rings. The van der Waals surface area contributed by atoms with E-state index < -0.39 is 92.7 Å². The van der Waals surface area contributed by atoms with Crippen LogP contribution in [0.3, 0.4) is 0 Å². The van der Waals surface area contributed by atoms with Crippen LogP contribution in [-0.4, -0.2) is 142 Å². The van der Waals surface area contributed by atoms with E-state index >= 15 is 0 Å². The molecule has 0 unspecified atom stereocenters. The number of rotatable bonds is 37. The third-order valence-electron chi connectivity index (χ3n) is 11.6. The van der Waals surface area contributed by atoms with Gasteiger partial charge in [-0.15, -0.1) is 0 Å². The summed E-state index contributed by atoms with van der Waals surface area (Å²) < 4.78 is 33.5. The number of hydrogen-bond acceptors (Lipinski definition) is 15. The van der Waals surface area contributed by atoms with E-state index in [2.05, 4.69) is 50.3 Å². The normalized spacial score (nSPS) is 26.9. The molecule has 0 radical (unpaired) electrons. The van der Waals surface area contributed by atoms with Crippen LogP contribution in [0.2, 0.25) is 0 Å². The molecule has 64 heavy (non-hydrogen) atoms. The summed E-state index contributed by atoms with van der Waals surface area (Å²) in [7, 11) is 0. The zero-order valence-electron chi connectivity index (χ0n) is 39.0. The summed E-state index contributed by atoms with van der Waals surface area (Å²) in [6, 6.07) is 0. The topological polar surface area (TPSA) is 231 Å². The Kier molecular flexibility index (Phi) is 33.3. The zero-order chi connectivity index (χ0) is 46.8. The molecule has 11 atom stereocenters. The number of unbranched alkanes of at least 4 members (excludes halogenated alkanes) is 17. The number of aliphatic hydroxyl groups excluding tert-OH is 7. The van der Waals surface area contributed by atoms with Crippen molar-refractivity contribution in [1.29, 1.82) is 0 Å². The molecule has 2 heterocycles. The lowest BCUT2D eigenvalue weighted by atomic mass is 9.98. The summed E-state index contributed by atoms with van der Waals surface area (Å²) in [5.41, 5.74) is 0. The van der Waals surface area contributed by atoms with Crippen molar-refractivity contribution in [3.8, 4) is 0 Å². The second kappa shape index (κ2) is 36.8. The van der Waals surface area contributed by atoms with E-state index in [9.17, 15) is 45.3 Å². The average Bonchev–Trinajstić information content (AvgIpc) is 3.29. The predicted molar refractivity (Wildman–Crippen MR) is 243 cm³/mol. The van der Waals surface area contributed by atoms with Crippen molar-refractivity contribution in [2.75, 3.05) is 26.4 Å². The van der Waals surface area contributed by atoms with Gasteiger partial charge < -0.3 is 64.2 Å². The van der Waals surface area contributed by atoms with Gasteiger partial charge in [-0.2, -0.15) is 0 Å². The molecule has 0 aliphatic carbocycles. The largest absolute Gasteiger partial charge is 0.462 e. The highest BCUT2D eigenvalue weighted by Crippen LogP contribution is 2.26. The van der Waals surface area contributed by atoms with Gasteiger partial charge in [0, 0.05) is 12.8 Å². The molecule has 0 aromatic heterocycles. The molecule has 0 spiro atoms. The van der Waals surface area contributed by atoms with E-state index in [1.165, 1.54) is 57.8 Å². The number of carbonyl (C=O) groups is 2. The monoisotopic (exact) mass is 915 g/mol. The van der Waals surface area contributed by atoms with Crippen LogP contribution in [0, 0.1) is 0 Å². The van der Waals surface area contributed by atoms with E-state index in [4.69, 9.17) is 28.4 Å². The Hall–Kier alpha value is -2.28. The minimum Gasteiger partial charge on any atom is -0.462 e. The van der Waals surface area contributed by atoms with Crippen molar-refractivity contribution in [2.45, 2.75) is 235 Å². The average molecular weight is 915 g/mol. The molecule has 2 aliphatic rings. The Morgan fingerprint density at radius 3 is 1.55 bits per heavy atom. The Morgan fingerprint density at radius 1 is 0.516 bits per heavy atom. The first kappa shape index (κ1) is 57.8. The number of esters is 2. The maximum absolute atomic E-state index is 13.0. The highest BCUT2D eigenvalue weighted by molar-refractivity contribution is 5.70. The third kappa shape index (κ3) is 25.0. The van der Waals surface area contributed by atoms with Gasteiger partial charge in [-0.1, -0.05) is 147 Å². The number of carbonyl (C=O) groups excluding carboxylic acids is 2. The first-order valence-corrected chi connectivity index (χ1v) is 24.6. The van der Waals surface area contributed by atoms with Crippen molar-refractivity contribution in [3.05, 3.63) is 36.5 Å². The molecule has 0 aromatic carbocycles. The van der Waals surface area contributed by atoms with Gasteiger partial charge >= 0.3 is 11.9 Å². The molecular weight excluding hydrogens is 829 g/mol. The molecule has 2 aliphatic heterocycles. The molecule has 7 N–H and O–H groups in total. The summed E-state index contributed by atoms with van der Waals surface area (Å²) in [5.74, 6) is -0.943. The maximum Gasteiger partial charge on any atom is 0.306 e. The molecule has 2 rings (SSSR count). The van der Waals surface area contributed by atoms with Crippen LogP contribution in [-0.2, 0) is 38.0 Å². The summed E-state index contributed by atoms with van der Waals surface area (Å²) in [6.07, 6.45) is 20.3. The van der Waals surface area contributed by atoms with E-state index in [0.29, 0.717) is 12.8 Å². The minimum absolute atomic E-state index is 0.164. The van der Waals surface area contributed by atoms with Crippen LogP contribution in [0.15, 0.2) is 36.5 Å². The van der Waals surface area contributed by atoms with E-state index in [1.54, 1.807) is 0 Å². The van der Waals surface area contributed by atoms with Crippen molar-refractivity contribution in [3.63, 3.8) is 0 Å². The van der Waals surface area contributed by atoms with E-state index in [1.807, 2.05) is 0 Å². The number of ether oxygens (including phenoxy) is 6. The van der Waals surface area contributed by atoms with Crippen LogP contribution < -0.4 is 0 Å². The van der Waals surface area contributed by atoms with Crippen molar-refractivity contribution in [1.82, 2.24) is 0 Å². The maximum atomic E-state index is 13.0. The molecule has 2 saturated heterocycles. The number of hydrogen-bond donors (Lipinski definition) is 7. The molecule has 372 valence electrons. The van der Waals surface area contributed by atoms with Crippen LogP contribution in [0.25, 0.3) is 0 Å². The molecule has 0 saturated carbocycles. The first-order valence-electron chi connectivity index (χ1n) is 24.6. The number of aliphatic hydroxyl groups is 7. The lowest BCUT2D eigenvalue weighted by Gasteiger charge is -2.42. The summed E-state index contributed by atoms with van der Waals surface area (Å²) in [4.78, 5) is 25.7. The van der Waals surface area contributed by atoms with Crippen molar-refractivity contribution < 1.29 is 73.8 Å². The Balaban J connectivity index is 1.83. The zero-order valence-corrected chi connectivity index (χ0v) is 39.0. The second-order valence-corrected chi connectivity index (χ2v) is 17.3. The van der Waals surface area contributed by atoms with Crippen molar-refractivity contribution in [2.24, 2.45) is 0 Å². The molecule has 0 bridgehead atoms. The highest BCUT2D eigenvalue weighted by Gasteiger charge is 2.47. The van der Waals surface area contributed by atoms with Gasteiger partial charge in [0.05, 0.1) is 19.8 Å². The highest BCUT2D eigenvalue weighted by atomic mass is 16.7. The lowest BCUT2D eigenvalue weighted by molar-refractivity contribution is -0.332. The molecule has 15 heteroatoms. The molecule has 15 nitrogen and oxygen atoms in total. The Morgan fingerprint density at radius 2 is 0.984 bits per heavy atom. The molecule has 0 aromatic rings.